The topological polar surface area (TPSA) is 48.5 Å². The van der Waals surface area contributed by atoms with Crippen LogP contribution in [0.3, 0.4) is 0 Å². The van der Waals surface area contributed by atoms with Crippen molar-refractivity contribution in [3.8, 4) is 0 Å². The fourth-order valence-electron chi connectivity index (χ4n) is 2.45. The average molecular weight is 262 g/mol. The lowest BCUT2D eigenvalue weighted by Crippen LogP contribution is -2.52. The molecular formula is C14H22N4O. The van der Waals surface area contributed by atoms with Gasteiger partial charge in [0.15, 0.2) is 0 Å². The van der Waals surface area contributed by atoms with Gasteiger partial charge in [-0.1, -0.05) is 6.92 Å². The summed E-state index contributed by atoms with van der Waals surface area (Å²) in [6, 6.07) is 4.05. The van der Waals surface area contributed by atoms with Crippen LogP contribution in [0.1, 0.15) is 23.7 Å². The number of hydrogen-bond acceptors (Lipinski definition) is 4. The minimum atomic E-state index is 0.102. The number of likely N-dealkylation sites (N-methyl/N-ethyl adjacent to an activating group) is 1. The number of piperazine rings is 1. The summed E-state index contributed by atoms with van der Waals surface area (Å²) in [6.07, 6.45) is 2.74. The van der Waals surface area contributed by atoms with E-state index in [1.54, 1.807) is 19.3 Å². The fourth-order valence-corrected chi connectivity index (χ4v) is 2.45. The Bertz CT molecular complexity index is 449. The van der Waals surface area contributed by atoms with E-state index in [2.05, 4.69) is 29.2 Å². The van der Waals surface area contributed by atoms with E-state index < -0.39 is 0 Å². The maximum atomic E-state index is 12.5. The van der Waals surface area contributed by atoms with Gasteiger partial charge in [-0.3, -0.25) is 9.69 Å². The number of nitrogens with zero attached hydrogens (tertiary/aromatic N) is 3. The van der Waals surface area contributed by atoms with Crippen LogP contribution in [0.5, 0.6) is 0 Å². The first-order valence-corrected chi connectivity index (χ1v) is 6.79. The van der Waals surface area contributed by atoms with Crippen molar-refractivity contribution in [1.29, 1.82) is 0 Å². The van der Waals surface area contributed by atoms with Crippen LogP contribution in [0, 0.1) is 0 Å². The van der Waals surface area contributed by atoms with Crippen LogP contribution < -0.4 is 5.32 Å². The molecule has 19 heavy (non-hydrogen) atoms. The van der Waals surface area contributed by atoms with Gasteiger partial charge in [-0.25, -0.2) is 4.98 Å². The maximum Gasteiger partial charge on any atom is 0.254 e. The normalized spacial score (nSPS) is 20.4. The Balaban J connectivity index is 2.10. The van der Waals surface area contributed by atoms with E-state index in [0.29, 0.717) is 11.6 Å². The summed E-state index contributed by atoms with van der Waals surface area (Å²) in [5.74, 6) is 0.831. The van der Waals surface area contributed by atoms with Crippen LogP contribution in [0.2, 0.25) is 0 Å². The third-order valence-electron chi connectivity index (χ3n) is 3.80. The molecule has 0 spiro atoms. The van der Waals surface area contributed by atoms with Crippen LogP contribution in [-0.2, 0) is 0 Å². The Kier molecular flexibility index (Phi) is 4.37. The highest BCUT2D eigenvalue weighted by Crippen LogP contribution is 2.15. The maximum absolute atomic E-state index is 12.5. The minimum absolute atomic E-state index is 0.102. The van der Waals surface area contributed by atoms with Crippen molar-refractivity contribution >= 4 is 11.7 Å². The molecule has 0 saturated carbocycles. The van der Waals surface area contributed by atoms with Crippen molar-refractivity contribution in [3.63, 3.8) is 0 Å². The average Bonchev–Trinajstić information content (AvgIpc) is 2.47. The molecule has 1 aliphatic rings. The standard InChI is InChI=1S/C14H22N4O/c1-4-12-10-18(8-7-17(12)3)14(19)11-5-6-16-13(9-11)15-2/h5-6,9,12H,4,7-8,10H2,1-3H3,(H,15,16). The number of nitrogens with one attached hydrogen (secondary N) is 1. The van der Waals surface area contributed by atoms with E-state index in [9.17, 15) is 4.79 Å². The van der Waals surface area contributed by atoms with Gasteiger partial charge >= 0.3 is 0 Å². The van der Waals surface area contributed by atoms with Gasteiger partial charge < -0.3 is 10.2 Å². The molecule has 1 N–H and O–H groups in total. The summed E-state index contributed by atoms with van der Waals surface area (Å²) in [6.45, 7) is 4.71. The molecule has 104 valence electrons. The Morgan fingerprint density at radius 3 is 3.00 bits per heavy atom. The van der Waals surface area contributed by atoms with Crippen molar-refractivity contribution < 1.29 is 4.79 Å². The smallest absolute Gasteiger partial charge is 0.254 e. The molecule has 0 radical (unpaired) electrons. The zero-order valence-corrected chi connectivity index (χ0v) is 11.9. The van der Waals surface area contributed by atoms with Gasteiger partial charge in [-0.15, -0.1) is 0 Å². The van der Waals surface area contributed by atoms with Crippen LogP contribution in [0.4, 0.5) is 5.82 Å². The molecular weight excluding hydrogens is 240 g/mol. The van der Waals surface area contributed by atoms with Gasteiger partial charge in [0, 0.05) is 44.5 Å². The summed E-state index contributed by atoms with van der Waals surface area (Å²) >= 11 is 0. The lowest BCUT2D eigenvalue weighted by atomic mass is 10.1. The van der Waals surface area contributed by atoms with Crippen molar-refractivity contribution in [1.82, 2.24) is 14.8 Å². The highest BCUT2D eigenvalue weighted by atomic mass is 16.2. The Hall–Kier alpha value is -1.62. The van der Waals surface area contributed by atoms with Crippen molar-refractivity contribution in [2.45, 2.75) is 19.4 Å². The molecule has 2 heterocycles. The second kappa shape index (κ2) is 6.02. The second-order valence-corrected chi connectivity index (χ2v) is 4.97. The second-order valence-electron chi connectivity index (χ2n) is 4.97. The summed E-state index contributed by atoms with van der Waals surface area (Å²) in [7, 11) is 3.93. The van der Waals surface area contributed by atoms with E-state index in [1.807, 2.05) is 11.0 Å². The summed E-state index contributed by atoms with van der Waals surface area (Å²) in [4.78, 5) is 20.9. The van der Waals surface area contributed by atoms with E-state index in [0.717, 1.165) is 31.9 Å². The molecule has 1 amide bonds. The fraction of sp³-hybridized carbons (Fsp3) is 0.571. The number of aromatic nitrogens is 1. The lowest BCUT2D eigenvalue weighted by molar-refractivity contribution is 0.0542. The van der Waals surface area contributed by atoms with Crippen molar-refractivity contribution in [2.24, 2.45) is 0 Å². The van der Waals surface area contributed by atoms with Gasteiger partial charge in [-0.2, -0.15) is 0 Å². The SMILES string of the molecule is CCC1CN(C(=O)c2ccnc(NC)c2)CCN1C. The molecule has 1 unspecified atom stereocenters. The number of carbonyl (C=O) groups excluding carboxylic acids is 1. The first kappa shape index (κ1) is 13.8. The van der Waals surface area contributed by atoms with Crippen molar-refractivity contribution in [2.75, 3.05) is 39.0 Å². The molecule has 5 nitrogen and oxygen atoms in total. The monoisotopic (exact) mass is 262 g/mol. The van der Waals surface area contributed by atoms with E-state index >= 15 is 0 Å². The molecule has 0 aliphatic carbocycles. The predicted octanol–water partition coefficient (Wildman–Crippen LogP) is 1.29. The number of pyridine rings is 1. The molecule has 1 aromatic rings. The Labute approximate surface area is 114 Å². The van der Waals surface area contributed by atoms with Gasteiger partial charge in [-0.05, 0) is 25.6 Å². The summed E-state index contributed by atoms with van der Waals surface area (Å²) in [5, 5.41) is 2.96. The molecule has 1 fully saturated rings. The number of carbonyl (C=O) groups is 1. The summed E-state index contributed by atoms with van der Waals surface area (Å²) in [5.41, 5.74) is 0.707. The zero-order chi connectivity index (χ0) is 13.8. The molecule has 1 atom stereocenters. The third-order valence-corrected chi connectivity index (χ3v) is 3.80. The zero-order valence-electron chi connectivity index (χ0n) is 11.9. The van der Waals surface area contributed by atoms with Crippen LogP contribution in [0.15, 0.2) is 18.3 Å². The van der Waals surface area contributed by atoms with Crippen molar-refractivity contribution in [3.05, 3.63) is 23.9 Å². The van der Waals surface area contributed by atoms with Crippen LogP contribution in [-0.4, -0.2) is 60.5 Å². The van der Waals surface area contributed by atoms with E-state index in [1.165, 1.54) is 0 Å². The Morgan fingerprint density at radius 1 is 1.53 bits per heavy atom. The highest BCUT2D eigenvalue weighted by molar-refractivity contribution is 5.94. The molecule has 0 aromatic carbocycles. The molecule has 1 aliphatic heterocycles. The quantitative estimate of drug-likeness (QED) is 0.891. The number of anilines is 1. The van der Waals surface area contributed by atoms with E-state index in [-0.39, 0.29) is 5.91 Å². The Morgan fingerprint density at radius 2 is 2.32 bits per heavy atom. The third kappa shape index (κ3) is 3.04. The molecule has 0 bridgehead atoms. The first-order valence-electron chi connectivity index (χ1n) is 6.79. The van der Waals surface area contributed by atoms with Gasteiger partial charge in [0.05, 0.1) is 0 Å². The highest BCUT2D eigenvalue weighted by Gasteiger charge is 2.26. The first-order chi connectivity index (χ1) is 9.15. The molecule has 1 saturated heterocycles. The molecule has 5 heteroatoms. The minimum Gasteiger partial charge on any atom is -0.373 e. The molecule has 2 rings (SSSR count). The van der Waals surface area contributed by atoms with Gasteiger partial charge in [0.25, 0.3) is 5.91 Å². The number of amides is 1. The van der Waals surface area contributed by atoms with Gasteiger partial charge in [0.1, 0.15) is 5.82 Å². The molecule has 1 aromatic heterocycles. The summed E-state index contributed by atoms with van der Waals surface area (Å²) < 4.78 is 0. The van der Waals surface area contributed by atoms with Crippen LogP contribution >= 0.6 is 0 Å². The predicted molar refractivity (Wildman–Crippen MR) is 76.4 cm³/mol. The van der Waals surface area contributed by atoms with E-state index in [4.69, 9.17) is 0 Å². The largest absolute Gasteiger partial charge is 0.373 e. The number of hydrogen-bond donors (Lipinski definition) is 1. The number of rotatable bonds is 3. The van der Waals surface area contributed by atoms with Gasteiger partial charge in [0.2, 0.25) is 0 Å². The van der Waals surface area contributed by atoms with Crippen LogP contribution in [0.25, 0.3) is 0 Å². The lowest BCUT2D eigenvalue weighted by Gasteiger charge is -2.39.